The molecule has 1 saturated carbocycles. The fraction of sp³-hybridized carbons (Fsp3) is 0.511. The van der Waals surface area contributed by atoms with Crippen molar-refractivity contribution in [3.8, 4) is 5.75 Å². The van der Waals surface area contributed by atoms with Crippen molar-refractivity contribution in [2.45, 2.75) is 81.8 Å². The molecule has 5 aromatic rings. The zero-order valence-electron chi connectivity index (χ0n) is 36.0. The van der Waals surface area contributed by atoms with Crippen molar-refractivity contribution in [2.75, 3.05) is 54.9 Å². The number of alkyl halides is 3. The minimum atomic E-state index is -3.28. The standard InChI is InChI=1S/C45H48ClF5N10O4/c1-44(11-12-44)42-45(50,51)21-65-38-36(55-42)27-16-31(29(47)17-32(27)58(2)41(38)64)53-39-28(46)18-52-43(56-39)61-15-10-23(30(48)20-61)19-60-13-8-22(9-14-60)24-4-5-25-35(57-59(3)37(25)34(24)49)26-6-7-33(62)54-40(26)63/h4-5,16-18,22-23,26,30,42,55H,6-15,19-21H2,1-3H3,(H,52,53,56)(H,54,62,63)/t23-,26?,30-,42?/m1/s1. The predicted octanol–water partition coefficient (Wildman–Crippen LogP) is 7.06. The lowest BCUT2D eigenvalue weighted by molar-refractivity contribution is -0.134. The van der Waals surface area contributed by atoms with Crippen LogP contribution < -0.4 is 31.1 Å². The van der Waals surface area contributed by atoms with Crippen LogP contribution in [0.1, 0.15) is 75.0 Å². The van der Waals surface area contributed by atoms with E-state index in [4.69, 9.17) is 16.3 Å². The van der Waals surface area contributed by atoms with Gasteiger partial charge < -0.3 is 29.7 Å². The van der Waals surface area contributed by atoms with Gasteiger partial charge in [-0.05, 0) is 74.6 Å². The summed E-state index contributed by atoms with van der Waals surface area (Å²) in [6.07, 6.45) is 3.66. The Morgan fingerprint density at radius 2 is 1.78 bits per heavy atom. The number of anilines is 4. The number of carbonyl (C=O) groups excluding carboxylic acids is 2. The van der Waals surface area contributed by atoms with Gasteiger partial charge in [0.15, 0.2) is 18.2 Å². The molecule has 65 heavy (non-hydrogen) atoms. The lowest BCUT2D eigenvalue weighted by Gasteiger charge is -2.39. The molecule has 1 aliphatic carbocycles. The maximum atomic E-state index is 16.2. The molecule has 3 aromatic heterocycles. The summed E-state index contributed by atoms with van der Waals surface area (Å²) >= 11 is 6.52. The van der Waals surface area contributed by atoms with Gasteiger partial charge in [0.05, 0.1) is 47.3 Å². The van der Waals surface area contributed by atoms with Crippen LogP contribution in [0, 0.1) is 23.0 Å². The lowest BCUT2D eigenvalue weighted by atomic mass is 9.86. The van der Waals surface area contributed by atoms with Gasteiger partial charge in [0.25, 0.3) is 5.56 Å². The van der Waals surface area contributed by atoms with Crippen LogP contribution in [0.3, 0.4) is 0 Å². The molecule has 7 heterocycles. The number of benzene rings is 2. The maximum Gasteiger partial charge on any atom is 0.301 e. The van der Waals surface area contributed by atoms with Gasteiger partial charge in [0.2, 0.25) is 23.5 Å². The van der Waals surface area contributed by atoms with E-state index in [0.717, 1.165) is 10.6 Å². The van der Waals surface area contributed by atoms with Crippen molar-refractivity contribution in [1.29, 1.82) is 0 Å². The second-order valence-electron chi connectivity index (χ2n) is 18.7. The Labute approximate surface area is 374 Å². The number of hydrogen-bond donors (Lipinski definition) is 3. The Kier molecular flexibility index (Phi) is 10.7. The third kappa shape index (κ3) is 7.70. The maximum absolute atomic E-state index is 16.2. The average molecular weight is 923 g/mol. The number of pyridine rings is 1. The van der Waals surface area contributed by atoms with Crippen LogP contribution in [0.5, 0.6) is 5.75 Å². The van der Waals surface area contributed by atoms with E-state index in [9.17, 15) is 14.4 Å². The number of aryl methyl sites for hydroxylation is 2. The Bertz CT molecular complexity index is 2830. The Morgan fingerprint density at radius 3 is 2.51 bits per heavy atom. The highest BCUT2D eigenvalue weighted by molar-refractivity contribution is 6.33. The highest BCUT2D eigenvalue weighted by atomic mass is 35.5. The molecular weight excluding hydrogens is 875 g/mol. The number of rotatable bonds is 8. The Balaban J connectivity index is 0.798. The van der Waals surface area contributed by atoms with Crippen molar-refractivity contribution in [1.82, 2.24) is 34.5 Å². The number of nitrogens with zero attached hydrogens (tertiary/aromatic N) is 7. The van der Waals surface area contributed by atoms with Gasteiger partial charge in [-0.3, -0.25) is 24.4 Å². The van der Waals surface area contributed by atoms with Gasteiger partial charge in [-0.2, -0.15) is 10.1 Å². The molecule has 3 saturated heterocycles. The number of carbonyl (C=O) groups is 2. The van der Waals surface area contributed by atoms with E-state index in [1.165, 1.54) is 24.0 Å². The molecule has 5 aliphatic rings. The number of imide groups is 1. The Hall–Kier alpha value is -5.56. The molecule has 2 aromatic carbocycles. The SMILES string of the molecule is Cn1nc(C2CCC(=O)NC2=O)c2ccc(C3CCN(C[C@H]4CCN(c5ncc(Cl)c(Nc6cc7c8c(c(=O)n(C)c7cc6F)OCC(F)(F)C(C6(C)CC6)N8)n5)C[C@H]4F)CC3)c(F)c21. The summed E-state index contributed by atoms with van der Waals surface area (Å²) in [5.41, 5.74) is 0.0989. The number of likely N-dealkylation sites (tertiary alicyclic amines) is 1. The summed E-state index contributed by atoms with van der Waals surface area (Å²) in [5.74, 6) is -6.15. The lowest BCUT2D eigenvalue weighted by Crippen LogP contribution is -2.47. The van der Waals surface area contributed by atoms with Gasteiger partial charge in [-0.1, -0.05) is 30.7 Å². The summed E-state index contributed by atoms with van der Waals surface area (Å²) < 4.78 is 86.9. The van der Waals surface area contributed by atoms with Crippen LogP contribution in [0.25, 0.3) is 21.8 Å². The zero-order valence-corrected chi connectivity index (χ0v) is 36.8. The van der Waals surface area contributed by atoms with E-state index in [-0.39, 0.29) is 81.3 Å². The van der Waals surface area contributed by atoms with Crippen molar-refractivity contribution in [3.05, 3.63) is 68.7 Å². The van der Waals surface area contributed by atoms with E-state index in [0.29, 0.717) is 86.9 Å². The van der Waals surface area contributed by atoms with Crippen LogP contribution in [-0.2, 0) is 23.7 Å². The van der Waals surface area contributed by atoms with Crippen LogP contribution in [0.15, 0.2) is 35.3 Å². The fourth-order valence-electron chi connectivity index (χ4n) is 10.3. The second kappa shape index (κ2) is 16.1. The summed E-state index contributed by atoms with van der Waals surface area (Å²) in [6.45, 7) is 3.09. The molecule has 344 valence electrons. The van der Waals surface area contributed by atoms with Gasteiger partial charge in [0, 0.05) is 56.4 Å². The minimum absolute atomic E-state index is 0.0137. The van der Waals surface area contributed by atoms with Gasteiger partial charge in [-0.25, -0.2) is 26.9 Å². The molecular formula is C45H48ClF5N10O4. The molecule has 4 aliphatic heterocycles. The van der Waals surface area contributed by atoms with E-state index >= 15 is 22.0 Å². The number of halogens is 6. The molecule has 20 heteroatoms. The van der Waals surface area contributed by atoms with Crippen molar-refractivity contribution in [2.24, 2.45) is 25.4 Å². The number of amides is 2. The highest BCUT2D eigenvalue weighted by Crippen LogP contribution is 2.55. The first-order chi connectivity index (χ1) is 31.0. The van der Waals surface area contributed by atoms with Crippen LogP contribution in [-0.4, -0.2) is 98.5 Å². The normalized spacial score (nSPS) is 24.6. The molecule has 4 fully saturated rings. The summed E-state index contributed by atoms with van der Waals surface area (Å²) in [5, 5.41) is 13.6. The Morgan fingerprint density at radius 1 is 1.02 bits per heavy atom. The van der Waals surface area contributed by atoms with E-state index in [1.54, 1.807) is 24.9 Å². The molecule has 10 rings (SSSR count). The number of fused-ring (bicyclic) bond motifs is 4. The third-order valence-corrected chi connectivity index (χ3v) is 14.6. The zero-order chi connectivity index (χ0) is 45.7. The summed E-state index contributed by atoms with van der Waals surface area (Å²) in [6, 6.07) is 4.81. The topological polar surface area (TPSA) is 152 Å². The summed E-state index contributed by atoms with van der Waals surface area (Å²) in [4.78, 5) is 50.5. The first kappa shape index (κ1) is 43.3. The predicted molar refractivity (Wildman–Crippen MR) is 234 cm³/mol. The average Bonchev–Trinajstić information content (AvgIpc) is 3.96. The van der Waals surface area contributed by atoms with E-state index < -0.39 is 53.4 Å². The molecule has 2 amide bonds. The number of hydrogen-bond acceptors (Lipinski definition) is 11. The van der Waals surface area contributed by atoms with Crippen molar-refractivity contribution in [3.63, 3.8) is 0 Å². The first-order valence-electron chi connectivity index (χ1n) is 22.0. The van der Waals surface area contributed by atoms with Crippen LogP contribution in [0.2, 0.25) is 5.02 Å². The van der Waals surface area contributed by atoms with Crippen molar-refractivity contribution >= 4 is 68.4 Å². The monoisotopic (exact) mass is 922 g/mol. The number of piperidine rings is 3. The molecule has 0 spiro atoms. The fourth-order valence-corrected chi connectivity index (χ4v) is 10.4. The quantitative estimate of drug-likeness (QED) is 0.108. The van der Waals surface area contributed by atoms with Crippen LogP contribution >= 0.6 is 11.6 Å². The second-order valence-corrected chi connectivity index (χ2v) is 19.1. The molecule has 14 nitrogen and oxygen atoms in total. The summed E-state index contributed by atoms with van der Waals surface area (Å²) in [7, 11) is 3.07. The minimum Gasteiger partial charge on any atom is -0.480 e. The van der Waals surface area contributed by atoms with Gasteiger partial charge >= 0.3 is 5.92 Å². The molecule has 0 radical (unpaired) electrons. The van der Waals surface area contributed by atoms with Crippen LogP contribution in [0.4, 0.5) is 45.1 Å². The number of aromatic nitrogens is 5. The smallest absolute Gasteiger partial charge is 0.301 e. The van der Waals surface area contributed by atoms with E-state index in [2.05, 4.69) is 35.9 Å². The molecule has 3 N–H and O–H groups in total. The van der Waals surface area contributed by atoms with Crippen molar-refractivity contribution < 1.29 is 36.3 Å². The highest BCUT2D eigenvalue weighted by Gasteiger charge is 2.58. The van der Waals surface area contributed by atoms with E-state index in [1.807, 2.05) is 6.07 Å². The molecule has 2 unspecified atom stereocenters. The number of ether oxygens (including phenoxy) is 1. The third-order valence-electron chi connectivity index (χ3n) is 14.3. The van der Waals surface area contributed by atoms with Gasteiger partial charge in [0.1, 0.15) is 22.5 Å². The largest absolute Gasteiger partial charge is 0.480 e. The molecule has 0 bridgehead atoms. The number of nitrogens with one attached hydrogen (secondary N) is 3. The molecule has 4 atom stereocenters. The van der Waals surface area contributed by atoms with Gasteiger partial charge in [-0.15, -0.1) is 0 Å². The first-order valence-corrected chi connectivity index (χ1v) is 22.4.